The molecule has 220 valence electrons. The second-order valence-corrected chi connectivity index (χ2v) is 12.4. The number of hydrogen-bond acceptors (Lipinski definition) is 6. The normalized spacial score (nSPS) is 11.4. The second-order valence-electron chi connectivity index (χ2n) is 10.3. The van der Waals surface area contributed by atoms with Gasteiger partial charge in [-0.15, -0.1) is 0 Å². The standard InChI is InChI=1S/C34H31BrIN3O4/c1-20(2)26-17-27(21(3)14-30(26)41-4)33-38-29-9-7-6-8-25(29)34(40)39(33)37-18-23-15-28(36)32(31(16-23)42-5)43-19-22-10-12-24(35)13-11-22/h6-18,20H,19H2,1-5H3. The predicted octanol–water partition coefficient (Wildman–Crippen LogP) is 8.34. The Balaban J connectivity index is 1.58. The van der Waals surface area contributed by atoms with Gasteiger partial charge in [-0.05, 0) is 106 Å². The van der Waals surface area contributed by atoms with Gasteiger partial charge in [-0.3, -0.25) is 4.79 Å². The summed E-state index contributed by atoms with van der Waals surface area (Å²) in [7, 11) is 3.27. The minimum atomic E-state index is -0.255. The molecule has 0 N–H and O–H groups in total. The molecule has 0 saturated carbocycles. The summed E-state index contributed by atoms with van der Waals surface area (Å²) in [5.74, 6) is 2.68. The Kier molecular flexibility index (Phi) is 9.51. The van der Waals surface area contributed by atoms with E-state index in [4.69, 9.17) is 19.2 Å². The van der Waals surface area contributed by atoms with E-state index in [0.717, 1.165) is 41.6 Å². The average molecular weight is 752 g/mol. The van der Waals surface area contributed by atoms with E-state index in [2.05, 4.69) is 57.5 Å². The summed E-state index contributed by atoms with van der Waals surface area (Å²) >= 11 is 5.69. The number of benzene rings is 4. The van der Waals surface area contributed by atoms with Crippen LogP contribution in [0, 0.1) is 10.5 Å². The van der Waals surface area contributed by atoms with Crippen molar-refractivity contribution >= 4 is 55.6 Å². The number of aromatic nitrogens is 2. The molecule has 1 aromatic heterocycles. The van der Waals surface area contributed by atoms with Gasteiger partial charge in [0.15, 0.2) is 17.3 Å². The monoisotopic (exact) mass is 751 g/mol. The second kappa shape index (κ2) is 13.3. The highest BCUT2D eigenvalue weighted by atomic mass is 127. The zero-order valence-electron chi connectivity index (χ0n) is 24.5. The zero-order chi connectivity index (χ0) is 30.7. The van der Waals surface area contributed by atoms with Crippen molar-refractivity contribution < 1.29 is 14.2 Å². The topological polar surface area (TPSA) is 74.9 Å². The Hall–Kier alpha value is -3.70. The van der Waals surface area contributed by atoms with E-state index in [-0.39, 0.29) is 11.5 Å². The summed E-state index contributed by atoms with van der Waals surface area (Å²) < 4.78 is 20.7. The van der Waals surface area contributed by atoms with E-state index in [9.17, 15) is 4.79 Å². The molecule has 7 nitrogen and oxygen atoms in total. The summed E-state index contributed by atoms with van der Waals surface area (Å²) in [6, 6.07) is 23.1. The van der Waals surface area contributed by atoms with Crippen molar-refractivity contribution in [3.8, 4) is 28.6 Å². The van der Waals surface area contributed by atoms with Crippen LogP contribution in [0.1, 0.15) is 42.0 Å². The van der Waals surface area contributed by atoms with Crippen molar-refractivity contribution in [3.05, 3.63) is 113 Å². The molecule has 0 aliphatic heterocycles. The van der Waals surface area contributed by atoms with Gasteiger partial charge >= 0.3 is 0 Å². The quantitative estimate of drug-likeness (QED) is 0.112. The third-order valence-corrected chi connectivity index (χ3v) is 8.39. The van der Waals surface area contributed by atoms with E-state index in [0.29, 0.717) is 34.8 Å². The highest BCUT2D eigenvalue weighted by Gasteiger charge is 2.19. The lowest BCUT2D eigenvalue weighted by Crippen LogP contribution is -2.21. The van der Waals surface area contributed by atoms with Gasteiger partial charge in [0.1, 0.15) is 12.4 Å². The first-order valence-electron chi connectivity index (χ1n) is 13.7. The molecule has 0 fully saturated rings. The van der Waals surface area contributed by atoms with Gasteiger partial charge in [0.25, 0.3) is 5.56 Å². The Labute approximate surface area is 272 Å². The molecular weight excluding hydrogens is 721 g/mol. The highest BCUT2D eigenvalue weighted by Crippen LogP contribution is 2.35. The molecule has 4 aromatic carbocycles. The van der Waals surface area contributed by atoms with Crippen LogP contribution in [0.25, 0.3) is 22.3 Å². The average Bonchev–Trinajstić information content (AvgIpc) is 3.00. The number of hydrogen-bond donors (Lipinski definition) is 0. The van der Waals surface area contributed by atoms with Crippen LogP contribution >= 0.6 is 38.5 Å². The molecule has 0 amide bonds. The fourth-order valence-electron chi connectivity index (χ4n) is 4.79. The van der Waals surface area contributed by atoms with Crippen LogP contribution in [0.4, 0.5) is 0 Å². The van der Waals surface area contributed by atoms with Crippen molar-refractivity contribution in [1.29, 1.82) is 0 Å². The van der Waals surface area contributed by atoms with Crippen LogP contribution in [-0.2, 0) is 6.61 Å². The molecule has 1 heterocycles. The molecule has 43 heavy (non-hydrogen) atoms. The molecular formula is C34H31BrIN3O4. The zero-order valence-corrected chi connectivity index (χ0v) is 28.3. The summed E-state index contributed by atoms with van der Waals surface area (Å²) in [6.07, 6.45) is 1.65. The summed E-state index contributed by atoms with van der Waals surface area (Å²) in [4.78, 5) is 18.7. The number of methoxy groups -OCH3 is 2. The first kappa shape index (κ1) is 30.7. The van der Waals surface area contributed by atoms with Crippen molar-refractivity contribution in [2.75, 3.05) is 14.2 Å². The molecule has 0 unspecified atom stereocenters. The lowest BCUT2D eigenvalue weighted by Gasteiger charge is -2.17. The van der Waals surface area contributed by atoms with Gasteiger partial charge in [0.05, 0.1) is 34.9 Å². The Morgan fingerprint density at radius 1 is 1.00 bits per heavy atom. The molecule has 9 heteroatoms. The van der Waals surface area contributed by atoms with Gasteiger partial charge < -0.3 is 14.2 Å². The number of para-hydroxylation sites is 1. The Bertz CT molecular complexity index is 1880. The lowest BCUT2D eigenvalue weighted by atomic mass is 9.96. The number of fused-ring (bicyclic) bond motifs is 1. The van der Waals surface area contributed by atoms with E-state index in [1.165, 1.54) is 4.68 Å². The van der Waals surface area contributed by atoms with Crippen molar-refractivity contribution in [2.45, 2.75) is 33.3 Å². The minimum Gasteiger partial charge on any atom is -0.496 e. The number of rotatable bonds is 9. The third-order valence-electron chi connectivity index (χ3n) is 7.06. The summed E-state index contributed by atoms with van der Waals surface area (Å²) in [6.45, 7) is 6.60. The number of halogens is 2. The van der Waals surface area contributed by atoms with Crippen LogP contribution in [0.3, 0.4) is 0 Å². The molecule has 0 spiro atoms. The fourth-order valence-corrected chi connectivity index (χ4v) is 5.83. The van der Waals surface area contributed by atoms with Crippen LogP contribution < -0.4 is 19.8 Å². The highest BCUT2D eigenvalue weighted by molar-refractivity contribution is 14.1. The Morgan fingerprint density at radius 2 is 1.72 bits per heavy atom. The van der Waals surface area contributed by atoms with Gasteiger partial charge in [-0.25, -0.2) is 4.98 Å². The maximum absolute atomic E-state index is 13.8. The van der Waals surface area contributed by atoms with Crippen LogP contribution in [0.15, 0.2) is 87.2 Å². The summed E-state index contributed by atoms with van der Waals surface area (Å²) in [5, 5.41) is 5.18. The SMILES string of the molecule is COc1cc(C)c(-c2nc3ccccc3c(=O)n2N=Cc2cc(I)c(OCc3ccc(Br)cc3)c(OC)c2)cc1C(C)C. The van der Waals surface area contributed by atoms with E-state index >= 15 is 0 Å². The number of aryl methyl sites for hydroxylation is 1. The first-order valence-corrected chi connectivity index (χ1v) is 15.6. The van der Waals surface area contributed by atoms with Crippen molar-refractivity contribution in [1.82, 2.24) is 9.66 Å². The molecule has 0 bridgehead atoms. The third kappa shape index (κ3) is 6.62. The number of ether oxygens (including phenoxy) is 3. The molecule has 5 aromatic rings. The first-order chi connectivity index (χ1) is 20.7. The molecule has 0 aliphatic carbocycles. The van der Waals surface area contributed by atoms with E-state index in [1.807, 2.05) is 73.7 Å². The molecule has 0 radical (unpaired) electrons. The van der Waals surface area contributed by atoms with E-state index in [1.54, 1.807) is 26.5 Å². The molecule has 0 atom stereocenters. The van der Waals surface area contributed by atoms with Gasteiger partial charge in [0, 0.05) is 10.0 Å². The molecule has 0 aliphatic rings. The van der Waals surface area contributed by atoms with Crippen molar-refractivity contribution in [3.63, 3.8) is 0 Å². The van der Waals surface area contributed by atoms with Crippen LogP contribution in [0.2, 0.25) is 0 Å². The van der Waals surface area contributed by atoms with Gasteiger partial charge in [-0.2, -0.15) is 9.78 Å². The summed E-state index contributed by atoms with van der Waals surface area (Å²) in [5.41, 5.74) is 4.91. The fraction of sp³-hybridized carbons (Fsp3) is 0.206. The van der Waals surface area contributed by atoms with Crippen LogP contribution in [-0.4, -0.2) is 30.1 Å². The maximum atomic E-state index is 13.8. The Morgan fingerprint density at radius 3 is 2.42 bits per heavy atom. The molecule has 5 rings (SSSR count). The molecule has 0 saturated heterocycles. The number of nitrogens with zero attached hydrogens (tertiary/aromatic N) is 3. The van der Waals surface area contributed by atoms with Gasteiger partial charge in [-0.1, -0.05) is 54.0 Å². The van der Waals surface area contributed by atoms with E-state index < -0.39 is 0 Å². The predicted molar refractivity (Wildman–Crippen MR) is 184 cm³/mol. The van der Waals surface area contributed by atoms with Gasteiger partial charge in [0.2, 0.25) is 0 Å². The maximum Gasteiger partial charge on any atom is 0.282 e. The van der Waals surface area contributed by atoms with Crippen molar-refractivity contribution in [2.24, 2.45) is 5.10 Å². The minimum absolute atomic E-state index is 0.206. The lowest BCUT2D eigenvalue weighted by molar-refractivity contribution is 0.282. The van der Waals surface area contributed by atoms with Crippen LogP contribution in [0.5, 0.6) is 17.2 Å². The smallest absolute Gasteiger partial charge is 0.282 e. The largest absolute Gasteiger partial charge is 0.496 e.